The first kappa shape index (κ1) is 15.9. The highest BCUT2D eigenvalue weighted by Gasteiger charge is 2.17. The summed E-state index contributed by atoms with van der Waals surface area (Å²) in [7, 11) is 1.63. The standard InChI is InChI=1S/C16H25N3O2/c1-21-11-10-19-16(20)7-9-18-15-6-8-17-12-13-4-2-3-5-14(13)15/h2-5,15,17-18H,6-12H2,1H3,(H,19,20). The smallest absolute Gasteiger partial charge is 0.221 e. The number of rotatable bonds is 7. The Labute approximate surface area is 126 Å². The highest BCUT2D eigenvalue weighted by molar-refractivity contribution is 5.76. The van der Waals surface area contributed by atoms with E-state index in [-0.39, 0.29) is 5.91 Å². The molecule has 1 atom stereocenters. The molecule has 0 saturated heterocycles. The van der Waals surface area contributed by atoms with E-state index < -0.39 is 0 Å². The number of ether oxygens (including phenoxy) is 1. The van der Waals surface area contributed by atoms with Gasteiger partial charge in [-0.3, -0.25) is 4.79 Å². The first-order valence-corrected chi connectivity index (χ1v) is 7.59. The van der Waals surface area contributed by atoms with Gasteiger partial charge < -0.3 is 20.7 Å². The van der Waals surface area contributed by atoms with E-state index in [2.05, 4.69) is 40.2 Å². The number of benzene rings is 1. The molecule has 116 valence electrons. The van der Waals surface area contributed by atoms with Gasteiger partial charge in [-0.25, -0.2) is 0 Å². The summed E-state index contributed by atoms with van der Waals surface area (Å²) in [5, 5.41) is 9.78. The van der Waals surface area contributed by atoms with E-state index in [0.717, 1.165) is 19.5 Å². The zero-order valence-corrected chi connectivity index (χ0v) is 12.7. The summed E-state index contributed by atoms with van der Waals surface area (Å²) in [6.07, 6.45) is 1.54. The summed E-state index contributed by atoms with van der Waals surface area (Å²) < 4.78 is 4.91. The third-order valence-corrected chi connectivity index (χ3v) is 3.73. The fourth-order valence-electron chi connectivity index (χ4n) is 2.61. The fourth-order valence-corrected chi connectivity index (χ4v) is 2.61. The lowest BCUT2D eigenvalue weighted by Gasteiger charge is -2.19. The lowest BCUT2D eigenvalue weighted by atomic mass is 9.99. The third-order valence-electron chi connectivity index (χ3n) is 3.73. The van der Waals surface area contributed by atoms with Gasteiger partial charge >= 0.3 is 0 Å². The SMILES string of the molecule is COCCNC(=O)CCNC1CCNCc2ccccc21. The van der Waals surface area contributed by atoms with Crippen LogP contribution in [0.1, 0.15) is 30.0 Å². The maximum absolute atomic E-state index is 11.7. The Morgan fingerprint density at radius 2 is 2.24 bits per heavy atom. The highest BCUT2D eigenvalue weighted by atomic mass is 16.5. The zero-order valence-electron chi connectivity index (χ0n) is 12.7. The van der Waals surface area contributed by atoms with E-state index in [9.17, 15) is 4.79 Å². The van der Waals surface area contributed by atoms with Crippen molar-refractivity contribution in [1.82, 2.24) is 16.0 Å². The number of methoxy groups -OCH3 is 1. The molecule has 1 aliphatic heterocycles. The van der Waals surface area contributed by atoms with Crippen LogP contribution in [0.3, 0.4) is 0 Å². The van der Waals surface area contributed by atoms with E-state index in [1.807, 2.05) is 0 Å². The van der Waals surface area contributed by atoms with Crippen molar-refractivity contribution in [3.8, 4) is 0 Å². The first-order valence-electron chi connectivity index (χ1n) is 7.59. The molecular weight excluding hydrogens is 266 g/mol. The second kappa shape index (κ2) is 8.77. The number of amides is 1. The van der Waals surface area contributed by atoms with E-state index in [1.54, 1.807) is 7.11 Å². The average Bonchev–Trinajstić information content (AvgIpc) is 2.70. The number of fused-ring (bicyclic) bond motifs is 1. The second-order valence-corrected chi connectivity index (χ2v) is 5.26. The van der Waals surface area contributed by atoms with Crippen molar-refractivity contribution in [2.45, 2.75) is 25.4 Å². The van der Waals surface area contributed by atoms with Crippen molar-refractivity contribution in [2.24, 2.45) is 0 Å². The van der Waals surface area contributed by atoms with Gasteiger partial charge in [0.15, 0.2) is 0 Å². The Morgan fingerprint density at radius 1 is 1.38 bits per heavy atom. The van der Waals surface area contributed by atoms with Crippen LogP contribution in [-0.4, -0.2) is 39.3 Å². The molecule has 0 aromatic heterocycles. The molecule has 1 amide bonds. The van der Waals surface area contributed by atoms with Crippen LogP contribution in [0, 0.1) is 0 Å². The van der Waals surface area contributed by atoms with Crippen molar-refractivity contribution in [2.75, 3.05) is 33.4 Å². The number of nitrogens with one attached hydrogen (secondary N) is 3. The molecule has 1 aliphatic rings. The summed E-state index contributed by atoms with van der Waals surface area (Å²) in [6, 6.07) is 8.82. The molecule has 2 rings (SSSR count). The molecule has 1 aromatic carbocycles. The molecule has 0 radical (unpaired) electrons. The zero-order chi connectivity index (χ0) is 14.9. The molecule has 21 heavy (non-hydrogen) atoms. The summed E-state index contributed by atoms with van der Waals surface area (Å²) in [5.41, 5.74) is 2.69. The Morgan fingerprint density at radius 3 is 3.10 bits per heavy atom. The van der Waals surface area contributed by atoms with Crippen molar-refractivity contribution in [1.29, 1.82) is 0 Å². The van der Waals surface area contributed by atoms with Crippen LogP contribution in [0.25, 0.3) is 0 Å². The molecule has 5 heteroatoms. The number of hydrogen-bond donors (Lipinski definition) is 3. The molecule has 0 fully saturated rings. The lowest BCUT2D eigenvalue weighted by Crippen LogP contribution is -2.31. The van der Waals surface area contributed by atoms with Crippen LogP contribution in [0.15, 0.2) is 24.3 Å². The topological polar surface area (TPSA) is 62.4 Å². The Kier molecular flexibility index (Phi) is 6.66. The molecule has 0 aliphatic carbocycles. The molecule has 0 spiro atoms. The summed E-state index contributed by atoms with van der Waals surface area (Å²) in [6.45, 7) is 3.74. The van der Waals surface area contributed by atoms with Crippen LogP contribution in [0.4, 0.5) is 0 Å². The number of carbonyl (C=O) groups is 1. The third kappa shape index (κ3) is 5.12. The van der Waals surface area contributed by atoms with Crippen molar-refractivity contribution >= 4 is 5.91 Å². The van der Waals surface area contributed by atoms with Gasteiger partial charge in [-0.05, 0) is 24.1 Å². The highest BCUT2D eigenvalue weighted by Crippen LogP contribution is 2.23. The van der Waals surface area contributed by atoms with Gasteiger partial charge in [0, 0.05) is 39.2 Å². The summed E-state index contributed by atoms with van der Waals surface area (Å²) >= 11 is 0. The predicted molar refractivity (Wildman–Crippen MR) is 83.0 cm³/mol. The van der Waals surface area contributed by atoms with Gasteiger partial charge in [-0.2, -0.15) is 0 Å². The minimum Gasteiger partial charge on any atom is -0.383 e. The maximum atomic E-state index is 11.7. The summed E-state index contributed by atoms with van der Waals surface area (Å²) in [4.78, 5) is 11.7. The van der Waals surface area contributed by atoms with Gasteiger partial charge in [0.2, 0.25) is 5.91 Å². The predicted octanol–water partition coefficient (Wildman–Crippen LogP) is 0.963. The van der Waals surface area contributed by atoms with Gasteiger partial charge in [0.05, 0.1) is 6.61 Å². The molecule has 3 N–H and O–H groups in total. The van der Waals surface area contributed by atoms with Crippen LogP contribution in [0.2, 0.25) is 0 Å². The van der Waals surface area contributed by atoms with Gasteiger partial charge in [-0.1, -0.05) is 24.3 Å². The normalized spacial score (nSPS) is 17.9. The van der Waals surface area contributed by atoms with Gasteiger partial charge in [0.25, 0.3) is 0 Å². The monoisotopic (exact) mass is 291 g/mol. The molecule has 1 unspecified atom stereocenters. The molecule has 0 bridgehead atoms. The minimum atomic E-state index is 0.0691. The quantitative estimate of drug-likeness (QED) is 0.655. The van der Waals surface area contributed by atoms with Crippen LogP contribution < -0.4 is 16.0 Å². The molecule has 1 aromatic rings. The Hall–Kier alpha value is -1.43. The van der Waals surface area contributed by atoms with E-state index in [0.29, 0.717) is 32.2 Å². The lowest BCUT2D eigenvalue weighted by molar-refractivity contribution is -0.121. The van der Waals surface area contributed by atoms with Gasteiger partial charge in [0.1, 0.15) is 0 Å². The van der Waals surface area contributed by atoms with Crippen LogP contribution in [-0.2, 0) is 16.1 Å². The number of hydrogen-bond acceptors (Lipinski definition) is 4. The van der Waals surface area contributed by atoms with Crippen LogP contribution in [0.5, 0.6) is 0 Å². The van der Waals surface area contributed by atoms with Crippen LogP contribution >= 0.6 is 0 Å². The molecule has 1 heterocycles. The number of carbonyl (C=O) groups excluding carboxylic acids is 1. The fraction of sp³-hybridized carbons (Fsp3) is 0.562. The second-order valence-electron chi connectivity index (χ2n) is 5.26. The first-order chi connectivity index (χ1) is 10.3. The largest absolute Gasteiger partial charge is 0.383 e. The van der Waals surface area contributed by atoms with Crippen molar-refractivity contribution < 1.29 is 9.53 Å². The van der Waals surface area contributed by atoms with E-state index in [4.69, 9.17) is 4.74 Å². The molecule has 5 nitrogen and oxygen atoms in total. The summed E-state index contributed by atoms with van der Waals surface area (Å²) in [5.74, 6) is 0.0691. The van der Waals surface area contributed by atoms with Crippen molar-refractivity contribution in [3.63, 3.8) is 0 Å². The average molecular weight is 291 g/mol. The molecular formula is C16H25N3O2. The van der Waals surface area contributed by atoms with E-state index >= 15 is 0 Å². The Balaban J connectivity index is 1.79. The minimum absolute atomic E-state index is 0.0691. The molecule has 0 saturated carbocycles. The van der Waals surface area contributed by atoms with E-state index in [1.165, 1.54) is 11.1 Å². The Bertz CT molecular complexity index is 451. The van der Waals surface area contributed by atoms with Gasteiger partial charge in [-0.15, -0.1) is 0 Å². The van der Waals surface area contributed by atoms with Crippen molar-refractivity contribution in [3.05, 3.63) is 35.4 Å². The maximum Gasteiger partial charge on any atom is 0.221 e.